The Balaban J connectivity index is 2.79. The van der Waals surface area contributed by atoms with Crippen molar-refractivity contribution < 1.29 is 4.21 Å². The van der Waals surface area contributed by atoms with Crippen LogP contribution in [0.15, 0.2) is 18.3 Å². The summed E-state index contributed by atoms with van der Waals surface area (Å²) in [6.45, 7) is 8.99. The standard InChI is InChI=1S/C16H29N3OS/c1-13-9-10-14(17-12-13)15(8-7-11-19(5)6)18-21(20)16(2,3)4/h9-10,12,15,18H,7-8,11H2,1-6H3/t15?,21-/m1/s1. The number of nitrogens with one attached hydrogen (secondary N) is 1. The van der Waals surface area contributed by atoms with E-state index in [2.05, 4.69) is 34.8 Å². The van der Waals surface area contributed by atoms with Crippen molar-refractivity contribution in [1.82, 2.24) is 14.6 Å². The number of nitrogens with zero attached hydrogens (tertiary/aromatic N) is 2. The predicted octanol–water partition coefficient (Wildman–Crippen LogP) is 2.82. The van der Waals surface area contributed by atoms with Gasteiger partial charge in [0.25, 0.3) is 0 Å². The van der Waals surface area contributed by atoms with Gasteiger partial charge in [0.2, 0.25) is 0 Å². The number of aromatic nitrogens is 1. The molecule has 0 fully saturated rings. The molecule has 4 nitrogen and oxygen atoms in total. The molecule has 0 aliphatic rings. The van der Waals surface area contributed by atoms with Crippen LogP contribution in [0.2, 0.25) is 0 Å². The molecule has 0 saturated heterocycles. The summed E-state index contributed by atoms with van der Waals surface area (Å²) in [6, 6.07) is 4.12. The molecule has 0 aliphatic carbocycles. The summed E-state index contributed by atoms with van der Waals surface area (Å²) in [6.07, 6.45) is 3.84. The SMILES string of the molecule is Cc1ccc(C(CCCN(C)C)N[S@](=O)C(C)(C)C)nc1. The van der Waals surface area contributed by atoms with Gasteiger partial charge >= 0.3 is 0 Å². The van der Waals surface area contributed by atoms with E-state index < -0.39 is 11.0 Å². The summed E-state index contributed by atoms with van der Waals surface area (Å²) in [5, 5.41) is 0. The molecule has 0 amide bonds. The van der Waals surface area contributed by atoms with Gasteiger partial charge in [0.15, 0.2) is 0 Å². The van der Waals surface area contributed by atoms with E-state index in [0.29, 0.717) is 0 Å². The highest BCUT2D eigenvalue weighted by atomic mass is 32.2. The van der Waals surface area contributed by atoms with Gasteiger partial charge < -0.3 is 4.90 Å². The normalized spacial score (nSPS) is 15.2. The third-order valence-electron chi connectivity index (χ3n) is 3.19. The molecule has 0 radical (unpaired) electrons. The summed E-state index contributed by atoms with van der Waals surface area (Å²) in [4.78, 5) is 6.67. The van der Waals surface area contributed by atoms with Crippen LogP contribution < -0.4 is 4.72 Å². The molecule has 1 aromatic heterocycles. The van der Waals surface area contributed by atoms with E-state index in [1.54, 1.807) is 0 Å². The molecule has 1 aromatic rings. The third kappa shape index (κ3) is 6.68. The Morgan fingerprint density at radius 3 is 2.48 bits per heavy atom. The Kier molecular flexibility index (Phi) is 6.97. The van der Waals surface area contributed by atoms with Crippen LogP contribution in [0, 0.1) is 6.92 Å². The third-order valence-corrected chi connectivity index (χ3v) is 4.81. The van der Waals surface area contributed by atoms with Gasteiger partial charge in [0.1, 0.15) is 0 Å². The second-order valence-electron chi connectivity index (χ2n) is 6.76. The fraction of sp³-hybridized carbons (Fsp3) is 0.688. The first-order chi connectivity index (χ1) is 9.70. The summed E-state index contributed by atoms with van der Waals surface area (Å²) in [5.74, 6) is 0. The van der Waals surface area contributed by atoms with Crippen molar-refractivity contribution in [2.24, 2.45) is 0 Å². The first-order valence-electron chi connectivity index (χ1n) is 7.45. The minimum Gasteiger partial charge on any atom is -0.309 e. The smallest absolute Gasteiger partial charge is 0.0976 e. The Labute approximate surface area is 131 Å². The number of aryl methyl sites for hydroxylation is 1. The number of pyridine rings is 1. The maximum atomic E-state index is 12.4. The molecule has 0 aliphatic heterocycles. The zero-order valence-corrected chi connectivity index (χ0v) is 15.0. The molecule has 0 saturated carbocycles. The highest BCUT2D eigenvalue weighted by Crippen LogP contribution is 2.20. The van der Waals surface area contributed by atoms with Crippen LogP contribution in [-0.2, 0) is 11.0 Å². The highest BCUT2D eigenvalue weighted by molar-refractivity contribution is 7.84. The topological polar surface area (TPSA) is 45.2 Å². The lowest BCUT2D eigenvalue weighted by atomic mass is 10.1. The van der Waals surface area contributed by atoms with Crippen molar-refractivity contribution in [3.63, 3.8) is 0 Å². The zero-order valence-electron chi connectivity index (χ0n) is 14.1. The number of hydrogen-bond donors (Lipinski definition) is 1. The molecule has 0 spiro atoms. The van der Waals surface area contributed by atoms with Crippen molar-refractivity contribution in [1.29, 1.82) is 0 Å². The summed E-state index contributed by atoms with van der Waals surface area (Å²) >= 11 is 0. The van der Waals surface area contributed by atoms with Crippen molar-refractivity contribution in [2.75, 3.05) is 20.6 Å². The van der Waals surface area contributed by atoms with Gasteiger partial charge in [0.05, 0.1) is 27.5 Å². The molecule has 1 heterocycles. The van der Waals surface area contributed by atoms with Gasteiger partial charge in [-0.25, -0.2) is 8.93 Å². The quantitative estimate of drug-likeness (QED) is 0.842. The average Bonchev–Trinajstić information content (AvgIpc) is 2.37. The molecule has 2 atom stereocenters. The van der Waals surface area contributed by atoms with Crippen LogP contribution >= 0.6 is 0 Å². The minimum atomic E-state index is -1.09. The van der Waals surface area contributed by atoms with E-state index in [1.807, 2.05) is 40.0 Å². The molecular formula is C16H29N3OS. The van der Waals surface area contributed by atoms with E-state index in [-0.39, 0.29) is 10.8 Å². The van der Waals surface area contributed by atoms with Crippen LogP contribution in [0.3, 0.4) is 0 Å². The zero-order chi connectivity index (χ0) is 16.0. The lowest BCUT2D eigenvalue weighted by molar-refractivity contribution is 0.381. The van der Waals surface area contributed by atoms with Gasteiger partial charge in [0, 0.05) is 6.20 Å². The van der Waals surface area contributed by atoms with Crippen LogP contribution in [0.1, 0.15) is 50.9 Å². The van der Waals surface area contributed by atoms with Crippen LogP contribution in [-0.4, -0.2) is 39.5 Å². The van der Waals surface area contributed by atoms with Crippen LogP contribution in [0.4, 0.5) is 0 Å². The Bertz CT molecular complexity index is 452. The lowest BCUT2D eigenvalue weighted by Gasteiger charge is -2.24. The lowest BCUT2D eigenvalue weighted by Crippen LogP contribution is -2.36. The van der Waals surface area contributed by atoms with Gasteiger partial charge in [-0.05, 0) is 72.8 Å². The fourth-order valence-corrected chi connectivity index (χ4v) is 2.72. The van der Waals surface area contributed by atoms with E-state index in [9.17, 15) is 4.21 Å². The van der Waals surface area contributed by atoms with Crippen molar-refractivity contribution >= 4 is 11.0 Å². The molecular weight excluding hydrogens is 282 g/mol. The van der Waals surface area contributed by atoms with E-state index in [4.69, 9.17) is 0 Å². The molecule has 1 N–H and O–H groups in total. The van der Waals surface area contributed by atoms with Crippen molar-refractivity contribution in [3.8, 4) is 0 Å². The molecule has 21 heavy (non-hydrogen) atoms. The molecule has 0 aromatic carbocycles. The maximum Gasteiger partial charge on any atom is 0.0976 e. The summed E-state index contributed by atoms with van der Waals surface area (Å²) < 4.78 is 15.4. The molecule has 0 bridgehead atoms. The van der Waals surface area contributed by atoms with Gasteiger partial charge in [-0.3, -0.25) is 4.98 Å². The summed E-state index contributed by atoms with van der Waals surface area (Å²) in [5.41, 5.74) is 2.11. The van der Waals surface area contributed by atoms with Crippen LogP contribution in [0.5, 0.6) is 0 Å². The molecule has 1 rings (SSSR count). The minimum absolute atomic E-state index is 0.0330. The Morgan fingerprint density at radius 2 is 2.00 bits per heavy atom. The monoisotopic (exact) mass is 311 g/mol. The first-order valence-corrected chi connectivity index (χ1v) is 8.60. The van der Waals surface area contributed by atoms with Gasteiger partial charge in [-0.2, -0.15) is 0 Å². The first kappa shape index (κ1) is 18.3. The van der Waals surface area contributed by atoms with Crippen molar-refractivity contribution in [3.05, 3.63) is 29.6 Å². The summed E-state index contributed by atoms with van der Waals surface area (Å²) in [7, 11) is 3.05. The predicted molar refractivity (Wildman–Crippen MR) is 90.5 cm³/mol. The van der Waals surface area contributed by atoms with Gasteiger partial charge in [-0.15, -0.1) is 0 Å². The average molecular weight is 311 g/mol. The molecule has 1 unspecified atom stereocenters. The Morgan fingerprint density at radius 1 is 1.33 bits per heavy atom. The Hall–Kier alpha value is -0.780. The van der Waals surface area contributed by atoms with E-state index in [0.717, 1.165) is 30.6 Å². The van der Waals surface area contributed by atoms with Crippen molar-refractivity contribution in [2.45, 2.75) is 51.3 Å². The second kappa shape index (κ2) is 8.01. The molecule has 120 valence electrons. The van der Waals surface area contributed by atoms with E-state index >= 15 is 0 Å². The maximum absolute atomic E-state index is 12.4. The highest BCUT2D eigenvalue weighted by Gasteiger charge is 2.24. The van der Waals surface area contributed by atoms with Crippen LogP contribution in [0.25, 0.3) is 0 Å². The number of rotatable bonds is 7. The van der Waals surface area contributed by atoms with Gasteiger partial charge in [-0.1, -0.05) is 6.07 Å². The fourth-order valence-electron chi connectivity index (χ4n) is 1.87. The number of hydrogen-bond acceptors (Lipinski definition) is 3. The molecule has 5 heteroatoms. The second-order valence-corrected chi connectivity index (χ2v) is 8.76. The largest absolute Gasteiger partial charge is 0.309 e. The van der Waals surface area contributed by atoms with E-state index in [1.165, 1.54) is 0 Å².